The number of aromatic nitrogens is 3. The van der Waals surface area contributed by atoms with E-state index >= 15 is 0 Å². The minimum Gasteiger partial charge on any atom is -0.507 e. The quantitative estimate of drug-likeness (QED) is 0.176. The van der Waals surface area contributed by atoms with Crippen molar-refractivity contribution in [1.82, 2.24) is 45.4 Å². The van der Waals surface area contributed by atoms with Crippen LogP contribution in [0.2, 0.25) is 0 Å². The number of carbonyl (C=O) groups excluding carboxylic acids is 3. The number of rotatable bonds is 11. The van der Waals surface area contributed by atoms with Gasteiger partial charge in [0.25, 0.3) is 0 Å². The molecule has 10 rings (SSSR count). The van der Waals surface area contributed by atoms with Crippen LogP contribution < -0.4 is 25.6 Å². The molecule has 0 radical (unpaired) electrons. The molecule has 1 aromatic carbocycles. The standard InChI is InChI=1S/C53H71N11O6/c1-6-33-21-46(70-5)42(54-28-33)30-56-50(68)44-22-39(65)32-64(44)51(69)47(52(2,3)4)57-49(67)34-24-53(25-34)26-37(27-53)61-17-11-35(12-18-61)60-15-13-36(14-16-60)62-19-20-63-38(31-62)29-55-48-43(63)23-41(58-59-48)40-9-7-8-10-45(40)66/h1,7-10,21,23,28,34-39,44,47,65-66H,11-20,22,24-27,29-32H2,2-5H3,(H,55,59)(H,56,68)(H,57,67)/t34?,37?,38-,39+,44-,47+,53?/m0/s1. The molecule has 0 unspecified atom stereocenters. The van der Waals surface area contributed by atoms with Gasteiger partial charge in [0.1, 0.15) is 29.3 Å². The summed E-state index contributed by atoms with van der Waals surface area (Å²) >= 11 is 0. The molecule has 7 heterocycles. The summed E-state index contributed by atoms with van der Waals surface area (Å²) < 4.78 is 5.42. The number of methoxy groups -OCH3 is 1. The molecule has 3 aromatic rings. The molecule has 1 spiro atoms. The molecule has 3 amide bonds. The van der Waals surface area contributed by atoms with Gasteiger partial charge in [0.15, 0.2) is 5.82 Å². The van der Waals surface area contributed by atoms with Crippen LogP contribution in [-0.4, -0.2) is 171 Å². The van der Waals surface area contributed by atoms with Crippen LogP contribution in [0.25, 0.3) is 11.3 Å². The molecule has 70 heavy (non-hydrogen) atoms. The Balaban J connectivity index is 0.649. The number of hydrogen-bond acceptors (Lipinski definition) is 14. The van der Waals surface area contributed by atoms with Crippen LogP contribution in [0.4, 0.5) is 11.5 Å². The summed E-state index contributed by atoms with van der Waals surface area (Å²) in [6.07, 6.45) is 15.1. The van der Waals surface area contributed by atoms with E-state index in [4.69, 9.17) is 11.2 Å². The van der Waals surface area contributed by atoms with Crippen molar-refractivity contribution in [2.75, 3.05) is 76.2 Å². The molecule has 2 saturated carbocycles. The average Bonchev–Trinajstić information content (AvgIpc) is 3.75. The number of benzene rings is 1. The Labute approximate surface area is 412 Å². The third kappa shape index (κ3) is 9.64. The first-order valence-corrected chi connectivity index (χ1v) is 25.6. The maximum atomic E-state index is 14.2. The number of nitrogens with zero attached hydrogens (tertiary/aromatic N) is 8. The van der Waals surface area contributed by atoms with E-state index < -0.39 is 29.5 Å². The van der Waals surface area contributed by atoms with Gasteiger partial charge in [-0.25, -0.2) is 0 Å². The molecule has 17 heteroatoms. The molecule has 6 fully saturated rings. The Morgan fingerprint density at radius 3 is 2.29 bits per heavy atom. The molecule has 4 atom stereocenters. The smallest absolute Gasteiger partial charge is 0.246 e. The van der Waals surface area contributed by atoms with E-state index in [0.717, 1.165) is 89.5 Å². The SMILES string of the molecule is C#Cc1cnc(CNC(=O)[C@@H]2C[C@@H](O)CN2C(=O)[C@@H](NC(=O)C2CC3(C2)CC(N2CCC(N4CCC(N5CCN6c7cc(-c8ccccc8O)nnc7NC[C@H]6C5)CC4)CC2)C3)C(C)(C)C)c(OC)c1. The summed E-state index contributed by atoms with van der Waals surface area (Å²) in [7, 11) is 1.50. The van der Waals surface area contributed by atoms with E-state index in [1.54, 1.807) is 12.1 Å². The fraction of sp³-hybridized carbons (Fsp3) is 0.623. The number of aliphatic hydroxyl groups is 1. The van der Waals surface area contributed by atoms with Gasteiger partial charge in [-0.2, -0.15) is 0 Å². The van der Waals surface area contributed by atoms with Crippen molar-refractivity contribution in [1.29, 1.82) is 0 Å². The van der Waals surface area contributed by atoms with Crippen LogP contribution >= 0.6 is 0 Å². The largest absolute Gasteiger partial charge is 0.507 e. The number of hydrogen-bond donors (Lipinski definition) is 5. The number of anilines is 2. The van der Waals surface area contributed by atoms with Crippen molar-refractivity contribution < 1.29 is 29.3 Å². The third-order valence-electron chi connectivity index (χ3n) is 16.9. The molecule has 5 aliphatic heterocycles. The lowest BCUT2D eigenvalue weighted by Gasteiger charge is -2.60. The number of phenols is 1. The lowest BCUT2D eigenvalue weighted by molar-refractivity contribution is -0.150. The summed E-state index contributed by atoms with van der Waals surface area (Å²) in [5.41, 5.74) is 3.09. The van der Waals surface area contributed by atoms with E-state index in [0.29, 0.717) is 52.4 Å². The number of fused-ring (bicyclic) bond motifs is 3. The lowest BCUT2D eigenvalue weighted by atomic mass is 9.49. The maximum absolute atomic E-state index is 14.2. The molecule has 4 saturated heterocycles. The first kappa shape index (κ1) is 48.1. The Morgan fingerprint density at radius 2 is 1.60 bits per heavy atom. The Hall–Kier alpha value is -5.54. The number of aliphatic hydroxyl groups excluding tert-OH is 1. The van der Waals surface area contributed by atoms with Gasteiger partial charge in [-0.3, -0.25) is 24.3 Å². The zero-order valence-electron chi connectivity index (χ0n) is 41.3. The number of ether oxygens (including phenoxy) is 1. The summed E-state index contributed by atoms with van der Waals surface area (Å²) in [4.78, 5) is 58.1. The molecular weight excluding hydrogens is 887 g/mol. The Morgan fingerprint density at radius 1 is 0.900 bits per heavy atom. The van der Waals surface area contributed by atoms with Crippen molar-refractivity contribution in [3.05, 3.63) is 53.9 Å². The van der Waals surface area contributed by atoms with Crippen molar-refractivity contribution in [3.63, 3.8) is 0 Å². The second-order valence-electron chi connectivity index (χ2n) is 22.3. The van der Waals surface area contributed by atoms with Gasteiger partial charge in [-0.1, -0.05) is 38.8 Å². The second kappa shape index (κ2) is 19.6. The number of para-hydroxylation sites is 1. The van der Waals surface area contributed by atoms with Crippen molar-refractivity contribution in [2.24, 2.45) is 16.7 Å². The van der Waals surface area contributed by atoms with E-state index in [1.807, 2.05) is 39.0 Å². The first-order valence-electron chi connectivity index (χ1n) is 25.6. The summed E-state index contributed by atoms with van der Waals surface area (Å²) in [6, 6.07) is 11.5. The van der Waals surface area contributed by atoms with Gasteiger partial charge < -0.3 is 50.5 Å². The van der Waals surface area contributed by atoms with Crippen molar-refractivity contribution in [3.8, 4) is 35.1 Å². The zero-order chi connectivity index (χ0) is 48.9. The van der Waals surface area contributed by atoms with Gasteiger partial charge in [-0.05, 0) is 113 Å². The highest BCUT2D eigenvalue weighted by atomic mass is 16.5. The number of likely N-dealkylation sites (tertiary alicyclic amines) is 3. The number of pyridine rings is 1. The van der Waals surface area contributed by atoms with Crippen LogP contribution in [0.5, 0.6) is 11.5 Å². The second-order valence-corrected chi connectivity index (χ2v) is 22.3. The number of amides is 3. The average molecular weight is 958 g/mol. The fourth-order valence-corrected chi connectivity index (χ4v) is 12.9. The fourth-order valence-electron chi connectivity index (χ4n) is 12.9. The molecule has 5 N–H and O–H groups in total. The van der Waals surface area contributed by atoms with E-state index in [1.165, 1.54) is 43.9 Å². The highest BCUT2D eigenvalue weighted by molar-refractivity contribution is 5.93. The van der Waals surface area contributed by atoms with Crippen molar-refractivity contribution >= 4 is 29.2 Å². The van der Waals surface area contributed by atoms with Crippen molar-refractivity contribution in [2.45, 2.75) is 127 Å². The summed E-state index contributed by atoms with van der Waals surface area (Å²) in [6.45, 7) is 14.3. The van der Waals surface area contributed by atoms with Crippen LogP contribution in [0.15, 0.2) is 42.6 Å². The monoisotopic (exact) mass is 958 g/mol. The molecule has 2 aliphatic carbocycles. The predicted octanol–water partition coefficient (Wildman–Crippen LogP) is 3.45. The third-order valence-corrected chi connectivity index (χ3v) is 16.9. The van der Waals surface area contributed by atoms with Crippen LogP contribution in [0.1, 0.15) is 89.8 Å². The highest BCUT2D eigenvalue weighted by Gasteiger charge is 2.57. The Bertz CT molecular complexity index is 2460. The molecule has 2 aromatic heterocycles. The predicted molar refractivity (Wildman–Crippen MR) is 266 cm³/mol. The van der Waals surface area contributed by atoms with Crippen LogP contribution in [0, 0.1) is 29.1 Å². The molecule has 374 valence electrons. The van der Waals surface area contributed by atoms with Crippen LogP contribution in [-0.2, 0) is 20.9 Å². The number of terminal acetylenes is 1. The minimum absolute atomic E-state index is 0.0116. The Kier molecular flexibility index (Phi) is 13.5. The number of piperidine rings is 2. The van der Waals surface area contributed by atoms with Gasteiger partial charge in [0.2, 0.25) is 17.7 Å². The van der Waals surface area contributed by atoms with Crippen LogP contribution in [0.3, 0.4) is 0 Å². The number of phenolic OH excluding ortho intramolecular Hbond substituents is 1. The van der Waals surface area contributed by atoms with Gasteiger partial charge in [0, 0.05) is 80.5 Å². The van der Waals surface area contributed by atoms with E-state index in [9.17, 15) is 24.6 Å². The van der Waals surface area contributed by atoms with Gasteiger partial charge in [0.05, 0.1) is 37.2 Å². The maximum Gasteiger partial charge on any atom is 0.246 e. The van der Waals surface area contributed by atoms with Gasteiger partial charge in [-0.15, -0.1) is 16.6 Å². The molecular formula is C53H71N11O6. The zero-order valence-corrected chi connectivity index (χ0v) is 41.3. The number of nitrogens with one attached hydrogen (secondary N) is 3. The normalized spacial score (nSPS) is 28.1. The van der Waals surface area contributed by atoms with E-state index in [-0.39, 0.29) is 48.4 Å². The van der Waals surface area contributed by atoms with E-state index in [2.05, 4.69) is 62.7 Å². The topological polar surface area (TPSA) is 192 Å². The number of carbonyl (C=O) groups is 3. The highest BCUT2D eigenvalue weighted by Crippen LogP contribution is 2.60. The summed E-state index contributed by atoms with van der Waals surface area (Å²) in [5.74, 6) is 2.99. The first-order chi connectivity index (χ1) is 33.7. The number of piperazine rings is 1. The number of aromatic hydroxyl groups is 1. The number of β-amino-alcohol motifs (C(OH)–C–C–N with tert-alkyl or cyclic N) is 1. The summed E-state index contributed by atoms with van der Waals surface area (Å²) in [5, 5.41) is 39.6. The molecule has 17 nitrogen and oxygen atoms in total. The van der Waals surface area contributed by atoms with Gasteiger partial charge >= 0.3 is 0 Å². The molecule has 0 bridgehead atoms. The minimum atomic E-state index is -0.894. The lowest BCUT2D eigenvalue weighted by Crippen LogP contribution is -2.63. The molecule has 7 aliphatic rings.